The molecule has 0 radical (unpaired) electrons. The lowest BCUT2D eigenvalue weighted by molar-refractivity contribution is 0.0904. The molecule has 2 N–H and O–H groups in total. The van der Waals surface area contributed by atoms with Crippen LogP contribution in [-0.4, -0.2) is 23.7 Å². The van der Waals surface area contributed by atoms with Crippen LogP contribution in [0.3, 0.4) is 0 Å². The number of carbonyl (C=O) groups excluding carboxylic acids is 1. The molecule has 0 aliphatic carbocycles. The lowest BCUT2D eigenvalue weighted by atomic mass is 10.0. The topological polar surface area (TPSA) is 49.3 Å². The summed E-state index contributed by atoms with van der Waals surface area (Å²) in [7, 11) is 0. The van der Waals surface area contributed by atoms with E-state index in [0.717, 1.165) is 0 Å². The number of aliphatic hydroxyl groups excluding tert-OH is 1. The van der Waals surface area contributed by atoms with Crippen LogP contribution in [0.2, 0.25) is 0 Å². The number of amides is 1. The van der Waals surface area contributed by atoms with Crippen molar-refractivity contribution in [2.75, 3.05) is 6.61 Å². The summed E-state index contributed by atoms with van der Waals surface area (Å²) in [4.78, 5) is 11.9. The van der Waals surface area contributed by atoms with E-state index in [2.05, 4.69) is 21.2 Å². The average molecular weight is 318 g/mol. The molecule has 0 aliphatic rings. The SMILES string of the molecule is CC(C)CC(CO)NC(=O)c1ccc(Br)cc1F. The van der Waals surface area contributed by atoms with Gasteiger partial charge in [-0.05, 0) is 30.5 Å². The Kier molecular flexibility index (Phi) is 5.75. The monoisotopic (exact) mass is 317 g/mol. The first kappa shape index (κ1) is 15.1. The largest absolute Gasteiger partial charge is 0.394 e. The molecule has 18 heavy (non-hydrogen) atoms. The molecule has 0 bridgehead atoms. The third-order valence-electron chi connectivity index (χ3n) is 2.49. The fourth-order valence-corrected chi connectivity index (χ4v) is 2.02. The molecule has 0 aliphatic heterocycles. The van der Waals surface area contributed by atoms with Crippen molar-refractivity contribution < 1.29 is 14.3 Å². The van der Waals surface area contributed by atoms with Crippen LogP contribution < -0.4 is 5.32 Å². The summed E-state index contributed by atoms with van der Waals surface area (Å²) >= 11 is 3.13. The molecule has 0 heterocycles. The number of carbonyl (C=O) groups is 1. The molecule has 1 rings (SSSR count). The van der Waals surface area contributed by atoms with E-state index in [1.54, 1.807) is 6.07 Å². The second-order valence-corrected chi connectivity index (χ2v) is 5.52. The fraction of sp³-hybridized carbons (Fsp3) is 0.462. The molecule has 3 nitrogen and oxygen atoms in total. The minimum absolute atomic E-state index is 0.0135. The van der Waals surface area contributed by atoms with Gasteiger partial charge in [-0.1, -0.05) is 29.8 Å². The van der Waals surface area contributed by atoms with Gasteiger partial charge in [0.15, 0.2) is 0 Å². The highest BCUT2D eigenvalue weighted by molar-refractivity contribution is 9.10. The molecule has 0 aromatic heterocycles. The van der Waals surface area contributed by atoms with Crippen LogP contribution in [0.15, 0.2) is 22.7 Å². The lowest BCUT2D eigenvalue weighted by Crippen LogP contribution is -2.38. The van der Waals surface area contributed by atoms with Crippen LogP contribution in [0.5, 0.6) is 0 Å². The Bertz CT molecular complexity index is 423. The maximum Gasteiger partial charge on any atom is 0.254 e. The second kappa shape index (κ2) is 6.85. The van der Waals surface area contributed by atoms with Gasteiger partial charge in [-0.25, -0.2) is 4.39 Å². The second-order valence-electron chi connectivity index (χ2n) is 4.61. The van der Waals surface area contributed by atoms with E-state index in [1.165, 1.54) is 12.1 Å². The number of halogens is 2. The van der Waals surface area contributed by atoms with Gasteiger partial charge in [0.1, 0.15) is 5.82 Å². The first-order valence-electron chi connectivity index (χ1n) is 5.80. The minimum Gasteiger partial charge on any atom is -0.394 e. The van der Waals surface area contributed by atoms with Gasteiger partial charge in [-0.2, -0.15) is 0 Å². The van der Waals surface area contributed by atoms with Gasteiger partial charge in [-0.3, -0.25) is 4.79 Å². The van der Waals surface area contributed by atoms with E-state index >= 15 is 0 Å². The summed E-state index contributed by atoms with van der Waals surface area (Å²) in [5.41, 5.74) is -0.0135. The summed E-state index contributed by atoms with van der Waals surface area (Å²) in [5.74, 6) is -0.736. The Labute approximate surface area is 115 Å². The van der Waals surface area contributed by atoms with Gasteiger partial charge in [0.2, 0.25) is 0 Å². The number of hydrogen-bond donors (Lipinski definition) is 2. The highest BCUT2D eigenvalue weighted by Crippen LogP contribution is 2.15. The Morgan fingerprint density at radius 3 is 2.67 bits per heavy atom. The maximum absolute atomic E-state index is 13.6. The van der Waals surface area contributed by atoms with Crippen molar-refractivity contribution in [3.8, 4) is 0 Å². The standard InChI is InChI=1S/C13H17BrFNO2/c1-8(2)5-10(7-17)16-13(18)11-4-3-9(14)6-12(11)15/h3-4,6,8,10,17H,5,7H2,1-2H3,(H,16,18). The Balaban J connectivity index is 2.74. The van der Waals surface area contributed by atoms with E-state index in [4.69, 9.17) is 5.11 Å². The molecule has 1 amide bonds. The Morgan fingerprint density at radius 1 is 1.50 bits per heavy atom. The Morgan fingerprint density at radius 2 is 2.17 bits per heavy atom. The van der Waals surface area contributed by atoms with Crippen LogP contribution in [-0.2, 0) is 0 Å². The van der Waals surface area contributed by atoms with Crippen LogP contribution >= 0.6 is 15.9 Å². The summed E-state index contributed by atoms with van der Waals surface area (Å²) in [6, 6.07) is 3.92. The quantitative estimate of drug-likeness (QED) is 0.877. The van der Waals surface area contributed by atoms with Crippen molar-refractivity contribution in [3.63, 3.8) is 0 Å². The normalized spacial score (nSPS) is 12.6. The van der Waals surface area contributed by atoms with Crippen molar-refractivity contribution in [1.82, 2.24) is 5.32 Å². The van der Waals surface area contributed by atoms with E-state index in [1.807, 2.05) is 13.8 Å². The zero-order chi connectivity index (χ0) is 13.7. The third kappa shape index (κ3) is 4.38. The number of nitrogens with one attached hydrogen (secondary N) is 1. The first-order chi connectivity index (χ1) is 8.43. The van der Waals surface area contributed by atoms with E-state index in [9.17, 15) is 9.18 Å². The molecule has 0 saturated carbocycles. The predicted octanol–water partition coefficient (Wildman–Crippen LogP) is 2.73. The lowest BCUT2D eigenvalue weighted by Gasteiger charge is -2.18. The van der Waals surface area contributed by atoms with Gasteiger partial charge < -0.3 is 10.4 Å². The Hall–Kier alpha value is -0.940. The zero-order valence-electron chi connectivity index (χ0n) is 10.4. The van der Waals surface area contributed by atoms with Crippen molar-refractivity contribution in [2.45, 2.75) is 26.3 Å². The van der Waals surface area contributed by atoms with E-state index < -0.39 is 11.7 Å². The number of hydrogen-bond acceptors (Lipinski definition) is 2. The number of aliphatic hydroxyl groups is 1. The smallest absolute Gasteiger partial charge is 0.254 e. The van der Waals surface area contributed by atoms with Crippen molar-refractivity contribution in [3.05, 3.63) is 34.1 Å². The average Bonchev–Trinajstić information content (AvgIpc) is 2.27. The number of benzene rings is 1. The molecule has 1 aromatic carbocycles. The van der Waals surface area contributed by atoms with Crippen molar-refractivity contribution in [1.29, 1.82) is 0 Å². The molecule has 1 atom stereocenters. The molecule has 1 unspecified atom stereocenters. The molecular formula is C13H17BrFNO2. The van der Waals surface area contributed by atoms with Gasteiger partial charge >= 0.3 is 0 Å². The van der Waals surface area contributed by atoms with Crippen LogP contribution in [0.4, 0.5) is 4.39 Å². The molecular weight excluding hydrogens is 301 g/mol. The van der Waals surface area contributed by atoms with Gasteiger partial charge in [0.05, 0.1) is 18.2 Å². The van der Waals surface area contributed by atoms with Gasteiger partial charge in [0.25, 0.3) is 5.91 Å². The molecule has 0 spiro atoms. The van der Waals surface area contributed by atoms with Gasteiger partial charge in [0, 0.05) is 4.47 Å². The van der Waals surface area contributed by atoms with Gasteiger partial charge in [-0.15, -0.1) is 0 Å². The molecule has 0 fully saturated rings. The third-order valence-corrected chi connectivity index (χ3v) is 2.98. The highest BCUT2D eigenvalue weighted by atomic mass is 79.9. The van der Waals surface area contributed by atoms with Crippen molar-refractivity contribution >= 4 is 21.8 Å². The van der Waals surface area contributed by atoms with E-state index in [-0.39, 0.29) is 18.2 Å². The predicted molar refractivity (Wildman–Crippen MR) is 71.9 cm³/mol. The minimum atomic E-state index is -0.580. The molecule has 1 aromatic rings. The summed E-state index contributed by atoms with van der Waals surface area (Å²) < 4.78 is 14.1. The fourth-order valence-electron chi connectivity index (χ4n) is 1.68. The van der Waals surface area contributed by atoms with Crippen LogP contribution in [0.1, 0.15) is 30.6 Å². The highest BCUT2D eigenvalue weighted by Gasteiger charge is 2.17. The molecule has 5 heteroatoms. The van der Waals surface area contributed by atoms with E-state index in [0.29, 0.717) is 16.8 Å². The maximum atomic E-state index is 13.6. The van der Waals surface area contributed by atoms with Crippen LogP contribution in [0.25, 0.3) is 0 Å². The zero-order valence-corrected chi connectivity index (χ0v) is 12.0. The van der Waals surface area contributed by atoms with Crippen molar-refractivity contribution in [2.24, 2.45) is 5.92 Å². The number of rotatable bonds is 5. The molecule has 100 valence electrons. The van der Waals surface area contributed by atoms with Crippen LogP contribution in [0, 0.1) is 11.7 Å². The summed E-state index contributed by atoms with van der Waals surface area (Å²) in [6.07, 6.45) is 0.653. The first-order valence-corrected chi connectivity index (χ1v) is 6.60. The molecule has 0 saturated heterocycles. The summed E-state index contributed by atoms with van der Waals surface area (Å²) in [6.45, 7) is 3.84. The summed E-state index contributed by atoms with van der Waals surface area (Å²) in [5, 5.41) is 11.8.